The van der Waals surface area contributed by atoms with Crippen LogP contribution in [0.5, 0.6) is 0 Å². The SMILES string of the molecule is CCOC1C=CC=C1CN. The Labute approximate surface area is 61.4 Å². The summed E-state index contributed by atoms with van der Waals surface area (Å²) in [5.41, 5.74) is 6.63. The maximum atomic E-state index is 5.47. The van der Waals surface area contributed by atoms with Gasteiger partial charge in [0.05, 0.1) is 6.10 Å². The Hall–Kier alpha value is -0.600. The lowest BCUT2D eigenvalue weighted by atomic mass is 10.2. The van der Waals surface area contributed by atoms with Crippen LogP contribution < -0.4 is 5.73 Å². The van der Waals surface area contributed by atoms with E-state index in [9.17, 15) is 0 Å². The first kappa shape index (κ1) is 7.51. The molecule has 1 aliphatic rings. The molecule has 0 amide bonds. The van der Waals surface area contributed by atoms with Crippen LogP contribution >= 0.6 is 0 Å². The van der Waals surface area contributed by atoms with Gasteiger partial charge in [-0.25, -0.2) is 0 Å². The van der Waals surface area contributed by atoms with Gasteiger partial charge in [0.25, 0.3) is 0 Å². The van der Waals surface area contributed by atoms with E-state index in [1.54, 1.807) is 0 Å². The van der Waals surface area contributed by atoms with Gasteiger partial charge in [0, 0.05) is 13.2 Å². The molecule has 0 saturated heterocycles. The second-order valence-corrected chi connectivity index (χ2v) is 2.21. The summed E-state index contributed by atoms with van der Waals surface area (Å²) in [6, 6.07) is 0. The predicted octanol–water partition coefficient (Wildman–Crippen LogP) is 0.846. The highest BCUT2D eigenvalue weighted by atomic mass is 16.5. The Morgan fingerprint density at radius 2 is 2.50 bits per heavy atom. The monoisotopic (exact) mass is 139 g/mol. The fraction of sp³-hybridized carbons (Fsp3) is 0.500. The minimum absolute atomic E-state index is 0.148. The predicted molar refractivity (Wildman–Crippen MR) is 41.7 cm³/mol. The summed E-state index contributed by atoms with van der Waals surface area (Å²) < 4.78 is 5.37. The van der Waals surface area contributed by atoms with Crippen LogP contribution in [-0.4, -0.2) is 19.3 Å². The average Bonchev–Trinajstić information content (AvgIpc) is 2.36. The third-order valence-corrected chi connectivity index (χ3v) is 1.54. The maximum absolute atomic E-state index is 5.47. The van der Waals surface area contributed by atoms with Crippen molar-refractivity contribution in [2.75, 3.05) is 13.2 Å². The molecule has 0 fully saturated rings. The van der Waals surface area contributed by atoms with E-state index in [0.29, 0.717) is 6.54 Å². The second-order valence-electron chi connectivity index (χ2n) is 2.21. The van der Waals surface area contributed by atoms with Crippen molar-refractivity contribution in [1.29, 1.82) is 0 Å². The molecule has 2 N–H and O–H groups in total. The van der Waals surface area contributed by atoms with Crippen LogP contribution in [0.1, 0.15) is 6.92 Å². The van der Waals surface area contributed by atoms with Gasteiger partial charge in [-0.05, 0) is 12.5 Å². The Balaban J connectivity index is 2.45. The van der Waals surface area contributed by atoms with Crippen LogP contribution in [0.2, 0.25) is 0 Å². The quantitative estimate of drug-likeness (QED) is 0.629. The Morgan fingerprint density at radius 3 is 3.10 bits per heavy atom. The van der Waals surface area contributed by atoms with Gasteiger partial charge in [0.15, 0.2) is 0 Å². The van der Waals surface area contributed by atoms with Gasteiger partial charge in [-0.15, -0.1) is 0 Å². The van der Waals surface area contributed by atoms with Crippen molar-refractivity contribution >= 4 is 0 Å². The molecule has 2 nitrogen and oxygen atoms in total. The molecule has 0 spiro atoms. The van der Waals surface area contributed by atoms with Crippen LogP contribution in [0.3, 0.4) is 0 Å². The van der Waals surface area contributed by atoms with Crippen LogP contribution in [0, 0.1) is 0 Å². The van der Waals surface area contributed by atoms with E-state index in [-0.39, 0.29) is 6.10 Å². The van der Waals surface area contributed by atoms with Gasteiger partial charge in [0.1, 0.15) is 0 Å². The van der Waals surface area contributed by atoms with Crippen LogP contribution in [0.25, 0.3) is 0 Å². The van der Waals surface area contributed by atoms with Crippen LogP contribution in [0.15, 0.2) is 23.8 Å². The Bertz CT molecular complexity index is 161. The molecule has 0 heterocycles. The normalized spacial score (nSPS) is 23.4. The van der Waals surface area contributed by atoms with E-state index in [1.165, 1.54) is 5.57 Å². The van der Waals surface area contributed by atoms with Crippen molar-refractivity contribution in [3.63, 3.8) is 0 Å². The summed E-state index contributed by atoms with van der Waals surface area (Å²) in [6.45, 7) is 3.32. The lowest BCUT2D eigenvalue weighted by Crippen LogP contribution is -2.17. The van der Waals surface area contributed by atoms with E-state index < -0.39 is 0 Å². The molecule has 1 aliphatic carbocycles. The van der Waals surface area contributed by atoms with E-state index >= 15 is 0 Å². The van der Waals surface area contributed by atoms with Crippen LogP contribution in [0.4, 0.5) is 0 Å². The fourth-order valence-electron chi connectivity index (χ4n) is 1.02. The number of ether oxygens (including phenoxy) is 1. The third kappa shape index (κ3) is 1.46. The average molecular weight is 139 g/mol. The summed E-state index contributed by atoms with van der Waals surface area (Å²) in [5.74, 6) is 0. The van der Waals surface area contributed by atoms with Gasteiger partial charge in [0.2, 0.25) is 0 Å². The van der Waals surface area contributed by atoms with Crippen molar-refractivity contribution in [3.8, 4) is 0 Å². The lowest BCUT2D eigenvalue weighted by molar-refractivity contribution is 0.121. The van der Waals surface area contributed by atoms with Crippen LogP contribution in [-0.2, 0) is 4.74 Å². The number of hydrogen-bond acceptors (Lipinski definition) is 2. The topological polar surface area (TPSA) is 35.2 Å². The molecule has 1 rings (SSSR count). The first-order valence-corrected chi connectivity index (χ1v) is 3.57. The number of allylic oxidation sites excluding steroid dienone is 2. The fourth-order valence-corrected chi connectivity index (χ4v) is 1.02. The molecule has 1 unspecified atom stereocenters. The minimum atomic E-state index is 0.148. The summed E-state index contributed by atoms with van der Waals surface area (Å²) in [5, 5.41) is 0. The standard InChI is InChI=1S/C8H13NO/c1-2-10-8-5-3-4-7(8)6-9/h3-5,8H,2,6,9H2,1H3. The number of rotatable bonds is 3. The molecule has 0 aromatic carbocycles. The first-order valence-electron chi connectivity index (χ1n) is 3.57. The van der Waals surface area contributed by atoms with Crippen molar-refractivity contribution in [2.24, 2.45) is 5.73 Å². The zero-order valence-electron chi connectivity index (χ0n) is 6.21. The summed E-state index contributed by atoms with van der Waals surface area (Å²) in [6.07, 6.45) is 6.17. The molecule has 0 aromatic heterocycles. The molecule has 0 saturated carbocycles. The smallest absolute Gasteiger partial charge is 0.0984 e. The zero-order chi connectivity index (χ0) is 7.40. The molecule has 2 heteroatoms. The Kier molecular flexibility index (Phi) is 2.66. The van der Waals surface area contributed by atoms with Gasteiger partial charge in [-0.2, -0.15) is 0 Å². The first-order chi connectivity index (χ1) is 4.88. The summed E-state index contributed by atoms with van der Waals surface area (Å²) in [4.78, 5) is 0. The highest BCUT2D eigenvalue weighted by Crippen LogP contribution is 2.13. The van der Waals surface area contributed by atoms with E-state index in [0.717, 1.165) is 6.61 Å². The van der Waals surface area contributed by atoms with Gasteiger partial charge in [-0.3, -0.25) is 0 Å². The van der Waals surface area contributed by atoms with Gasteiger partial charge >= 0.3 is 0 Å². The molecule has 0 radical (unpaired) electrons. The van der Waals surface area contributed by atoms with Crippen molar-refractivity contribution < 1.29 is 4.74 Å². The molecule has 10 heavy (non-hydrogen) atoms. The summed E-state index contributed by atoms with van der Waals surface area (Å²) >= 11 is 0. The third-order valence-electron chi connectivity index (χ3n) is 1.54. The molecular weight excluding hydrogens is 126 g/mol. The Morgan fingerprint density at radius 1 is 1.70 bits per heavy atom. The summed E-state index contributed by atoms with van der Waals surface area (Å²) in [7, 11) is 0. The van der Waals surface area contributed by atoms with Gasteiger partial charge in [-0.1, -0.05) is 18.2 Å². The molecule has 0 bridgehead atoms. The van der Waals surface area contributed by atoms with Gasteiger partial charge < -0.3 is 10.5 Å². The molecular formula is C8H13NO. The zero-order valence-corrected chi connectivity index (χ0v) is 6.21. The maximum Gasteiger partial charge on any atom is 0.0984 e. The highest BCUT2D eigenvalue weighted by Gasteiger charge is 2.11. The van der Waals surface area contributed by atoms with E-state index in [4.69, 9.17) is 10.5 Å². The largest absolute Gasteiger partial charge is 0.370 e. The van der Waals surface area contributed by atoms with Crippen molar-refractivity contribution in [3.05, 3.63) is 23.8 Å². The molecule has 1 atom stereocenters. The minimum Gasteiger partial charge on any atom is -0.370 e. The number of nitrogens with two attached hydrogens (primary N) is 1. The van der Waals surface area contributed by atoms with E-state index in [1.807, 2.05) is 25.2 Å². The van der Waals surface area contributed by atoms with Crippen molar-refractivity contribution in [1.82, 2.24) is 0 Å². The molecule has 0 aliphatic heterocycles. The lowest BCUT2D eigenvalue weighted by Gasteiger charge is -2.11. The molecule has 56 valence electrons. The van der Waals surface area contributed by atoms with E-state index in [2.05, 4.69) is 0 Å². The number of hydrogen-bond donors (Lipinski definition) is 1. The second kappa shape index (κ2) is 3.54. The molecule has 0 aromatic rings. The highest BCUT2D eigenvalue weighted by molar-refractivity contribution is 5.29. The van der Waals surface area contributed by atoms with Crippen molar-refractivity contribution in [2.45, 2.75) is 13.0 Å².